The summed E-state index contributed by atoms with van der Waals surface area (Å²) in [6.45, 7) is 8.64. The fourth-order valence-electron chi connectivity index (χ4n) is 2.35. The second-order valence-corrected chi connectivity index (χ2v) is 5.92. The molecule has 96 valence electrons. The number of nitrogens with one attached hydrogen (secondary N) is 1. The van der Waals surface area contributed by atoms with Gasteiger partial charge in [0, 0.05) is 18.3 Å². The number of benzene rings is 1. The van der Waals surface area contributed by atoms with Gasteiger partial charge < -0.3 is 5.32 Å². The lowest BCUT2D eigenvalue weighted by Crippen LogP contribution is -1.96. The molecule has 18 heavy (non-hydrogen) atoms. The van der Waals surface area contributed by atoms with Crippen molar-refractivity contribution in [2.45, 2.75) is 34.1 Å². The van der Waals surface area contributed by atoms with Gasteiger partial charge in [-0.05, 0) is 44.4 Å². The third-order valence-corrected chi connectivity index (χ3v) is 4.46. The van der Waals surface area contributed by atoms with E-state index in [1.165, 1.54) is 27.1 Å². The highest BCUT2D eigenvalue weighted by Gasteiger charge is 2.11. The maximum Gasteiger partial charge on any atom is 0.182 e. The SMILES string of the molecule is CNc1nc(C)c(Cc2c(C)cc(C)cc2C)s1. The number of thiazole rings is 1. The van der Waals surface area contributed by atoms with Crippen LogP contribution in [0.15, 0.2) is 12.1 Å². The molecular weight excluding hydrogens is 240 g/mol. The topological polar surface area (TPSA) is 24.9 Å². The molecule has 0 atom stereocenters. The summed E-state index contributed by atoms with van der Waals surface area (Å²) in [7, 11) is 1.92. The van der Waals surface area contributed by atoms with Gasteiger partial charge in [-0.2, -0.15) is 0 Å². The maximum absolute atomic E-state index is 4.51. The molecule has 0 bridgehead atoms. The molecule has 0 unspecified atom stereocenters. The highest BCUT2D eigenvalue weighted by Crippen LogP contribution is 2.27. The van der Waals surface area contributed by atoms with Crippen molar-refractivity contribution in [3.8, 4) is 0 Å². The van der Waals surface area contributed by atoms with Crippen LogP contribution in [-0.4, -0.2) is 12.0 Å². The van der Waals surface area contributed by atoms with Crippen LogP contribution in [0.3, 0.4) is 0 Å². The molecule has 0 aliphatic carbocycles. The van der Waals surface area contributed by atoms with E-state index in [1.807, 2.05) is 7.05 Å². The molecule has 1 aromatic heterocycles. The van der Waals surface area contributed by atoms with E-state index in [0.29, 0.717) is 0 Å². The van der Waals surface area contributed by atoms with Gasteiger partial charge in [-0.3, -0.25) is 0 Å². The summed E-state index contributed by atoms with van der Waals surface area (Å²) in [4.78, 5) is 5.87. The quantitative estimate of drug-likeness (QED) is 0.902. The summed E-state index contributed by atoms with van der Waals surface area (Å²) >= 11 is 1.75. The van der Waals surface area contributed by atoms with E-state index in [-0.39, 0.29) is 0 Å². The average Bonchev–Trinajstić information content (AvgIpc) is 2.64. The van der Waals surface area contributed by atoms with Crippen molar-refractivity contribution in [1.82, 2.24) is 4.98 Å². The fraction of sp³-hybridized carbons (Fsp3) is 0.400. The zero-order chi connectivity index (χ0) is 13.3. The highest BCUT2D eigenvalue weighted by atomic mass is 32.1. The Balaban J connectivity index is 2.36. The minimum absolute atomic E-state index is 0.989. The first-order chi connectivity index (χ1) is 8.51. The summed E-state index contributed by atoms with van der Waals surface area (Å²) < 4.78 is 0. The number of hydrogen-bond donors (Lipinski definition) is 1. The number of rotatable bonds is 3. The minimum Gasteiger partial charge on any atom is -0.365 e. The van der Waals surface area contributed by atoms with Gasteiger partial charge in [-0.1, -0.05) is 17.7 Å². The van der Waals surface area contributed by atoms with Crippen LogP contribution in [0.4, 0.5) is 5.13 Å². The van der Waals surface area contributed by atoms with Crippen LogP contribution in [-0.2, 0) is 6.42 Å². The van der Waals surface area contributed by atoms with E-state index in [4.69, 9.17) is 0 Å². The number of nitrogens with zero attached hydrogens (tertiary/aromatic N) is 1. The Bertz CT molecular complexity index is 547. The van der Waals surface area contributed by atoms with Gasteiger partial charge in [0.15, 0.2) is 5.13 Å². The molecule has 0 aliphatic rings. The third kappa shape index (κ3) is 2.56. The summed E-state index contributed by atoms with van der Waals surface area (Å²) in [5.41, 5.74) is 6.68. The Morgan fingerprint density at radius 2 is 1.72 bits per heavy atom. The van der Waals surface area contributed by atoms with E-state index < -0.39 is 0 Å². The molecule has 2 rings (SSSR count). The molecule has 0 fully saturated rings. The van der Waals surface area contributed by atoms with Gasteiger partial charge in [0.05, 0.1) is 5.69 Å². The number of aromatic nitrogens is 1. The molecule has 0 aliphatic heterocycles. The van der Waals surface area contributed by atoms with Crippen LogP contribution in [0.5, 0.6) is 0 Å². The molecule has 0 spiro atoms. The zero-order valence-electron chi connectivity index (χ0n) is 11.7. The zero-order valence-corrected chi connectivity index (χ0v) is 12.5. The first-order valence-electron chi connectivity index (χ1n) is 6.22. The molecule has 0 saturated carbocycles. The molecule has 0 amide bonds. The average molecular weight is 260 g/mol. The smallest absolute Gasteiger partial charge is 0.182 e. The van der Waals surface area contributed by atoms with Gasteiger partial charge in [-0.15, -0.1) is 11.3 Å². The van der Waals surface area contributed by atoms with Crippen molar-refractivity contribution >= 4 is 16.5 Å². The number of anilines is 1. The van der Waals surface area contributed by atoms with Gasteiger partial charge in [0.1, 0.15) is 0 Å². The summed E-state index contributed by atoms with van der Waals surface area (Å²) in [6.07, 6.45) is 0.989. The first-order valence-corrected chi connectivity index (χ1v) is 7.03. The summed E-state index contributed by atoms with van der Waals surface area (Å²) in [5.74, 6) is 0. The van der Waals surface area contributed by atoms with Crippen LogP contribution in [0.1, 0.15) is 32.8 Å². The van der Waals surface area contributed by atoms with Crippen LogP contribution in [0.25, 0.3) is 0 Å². The van der Waals surface area contributed by atoms with Crippen molar-refractivity contribution in [2.24, 2.45) is 0 Å². The highest BCUT2D eigenvalue weighted by molar-refractivity contribution is 7.15. The molecule has 2 nitrogen and oxygen atoms in total. The lowest BCUT2D eigenvalue weighted by molar-refractivity contribution is 1.10. The Morgan fingerprint density at radius 1 is 1.11 bits per heavy atom. The Hall–Kier alpha value is -1.35. The predicted octanol–water partition coefficient (Wildman–Crippen LogP) is 4.01. The van der Waals surface area contributed by atoms with Crippen LogP contribution >= 0.6 is 11.3 Å². The second-order valence-electron chi connectivity index (χ2n) is 4.83. The Kier molecular flexibility index (Phi) is 3.71. The van der Waals surface area contributed by atoms with Gasteiger partial charge in [0.25, 0.3) is 0 Å². The lowest BCUT2D eigenvalue weighted by atomic mass is 9.96. The maximum atomic E-state index is 4.51. The molecule has 0 radical (unpaired) electrons. The number of hydrogen-bond acceptors (Lipinski definition) is 3. The van der Waals surface area contributed by atoms with Gasteiger partial charge in [0.2, 0.25) is 0 Å². The van der Waals surface area contributed by atoms with Crippen molar-refractivity contribution < 1.29 is 0 Å². The molecule has 1 N–H and O–H groups in total. The second kappa shape index (κ2) is 5.11. The van der Waals surface area contributed by atoms with E-state index in [9.17, 15) is 0 Å². The van der Waals surface area contributed by atoms with Crippen molar-refractivity contribution in [2.75, 3.05) is 12.4 Å². The summed E-state index contributed by atoms with van der Waals surface area (Å²) in [5, 5.41) is 4.12. The van der Waals surface area contributed by atoms with Crippen molar-refractivity contribution in [3.05, 3.63) is 45.0 Å². The van der Waals surface area contributed by atoms with Crippen LogP contribution in [0, 0.1) is 27.7 Å². The van der Waals surface area contributed by atoms with Crippen LogP contribution in [0.2, 0.25) is 0 Å². The van der Waals surface area contributed by atoms with Crippen LogP contribution < -0.4 is 5.32 Å². The molecular formula is C15H20N2S. The largest absolute Gasteiger partial charge is 0.365 e. The monoisotopic (exact) mass is 260 g/mol. The Morgan fingerprint density at radius 3 is 2.22 bits per heavy atom. The fourth-order valence-corrected chi connectivity index (χ4v) is 3.28. The van der Waals surface area contributed by atoms with Crippen molar-refractivity contribution in [1.29, 1.82) is 0 Å². The van der Waals surface area contributed by atoms with Gasteiger partial charge in [-0.25, -0.2) is 4.98 Å². The molecule has 0 saturated heterocycles. The third-order valence-electron chi connectivity index (χ3n) is 3.28. The van der Waals surface area contributed by atoms with Crippen molar-refractivity contribution in [3.63, 3.8) is 0 Å². The predicted molar refractivity (Wildman–Crippen MR) is 79.9 cm³/mol. The van der Waals surface area contributed by atoms with Gasteiger partial charge >= 0.3 is 0 Å². The lowest BCUT2D eigenvalue weighted by Gasteiger charge is -2.10. The standard InChI is InChI=1S/C15H20N2S/c1-9-6-10(2)13(11(3)7-9)8-14-12(4)17-15(16-5)18-14/h6-7H,8H2,1-5H3,(H,16,17). The number of aryl methyl sites for hydroxylation is 4. The first kappa shape index (κ1) is 13.1. The molecule has 2 aromatic rings. The normalized spacial score (nSPS) is 10.7. The Labute approximate surface area is 113 Å². The van der Waals surface area contributed by atoms with E-state index in [2.05, 4.69) is 50.1 Å². The van der Waals surface area contributed by atoms with E-state index in [1.54, 1.807) is 11.3 Å². The van der Waals surface area contributed by atoms with E-state index >= 15 is 0 Å². The molecule has 1 aromatic carbocycles. The minimum atomic E-state index is 0.989. The molecule has 1 heterocycles. The summed E-state index contributed by atoms with van der Waals surface area (Å²) in [6, 6.07) is 4.52. The van der Waals surface area contributed by atoms with E-state index in [0.717, 1.165) is 17.2 Å². The molecule has 3 heteroatoms.